The highest BCUT2D eigenvalue weighted by Gasteiger charge is 2.06. The molecule has 1 aromatic rings. The first kappa shape index (κ1) is 12.1. The zero-order valence-corrected chi connectivity index (χ0v) is 9.19. The van der Waals surface area contributed by atoms with E-state index in [1.54, 1.807) is 12.1 Å². The molecule has 0 radical (unpaired) electrons. The van der Waals surface area contributed by atoms with Gasteiger partial charge in [0.1, 0.15) is 0 Å². The summed E-state index contributed by atoms with van der Waals surface area (Å²) in [5.74, 6) is -1.47. The van der Waals surface area contributed by atoms with Gasteiger partial charge in [-0.05, 0) is 31.0 Å². The first-order valence-corrected chi connectivity index (χ1v) is 5.27. The molecule has 3 heteroatoms. The molecule has 0 amide bonds. The second-order valence-corrected chi connectivity index (χ2v) is 3.93. The monoisotopic (exact) mass is 213 g/mol. The van der Waals surface area contributed by atoms with Crippen LogP contribution >= 0.6 is 0 Å². The van der Waals surface area contributed by atoms with Crippen LogP contribution in [0.5, 0.6) is 0 Å². The lowest BCUT2D eigenvalue weighted by molar-refractivity contribution is 0.494. The molecule has 0 spiro atoms. The topological polar surface area (TPSA) is 12.0 Å². The summed E-state index contributed by atoms with van der Waals surface area (Å²) < 4.78 is 26.0. The Morgan fingerprint density at radius 3 is 2.67 bits per heavy atom. The van der Waals surface area contributed by atoms with Crippen molar-refractivity contribution >= 4 is 0 Å². The van der Waals surface area contributed by atoms with E-state index in [1.807, 2.05) is 0 Å². The summed E-state index contributed by atoms with van der Waals surface area (Å²) >= 11 is 0. The van der Waals surface area contributed by atoms with E-state index in [2.05, 4.69) is 19.2 Å². The normalized spacial score (nSPS) is 11.0. The molecule has 0 aliphatic carbocycles. The molecule has 1 nitrogen and oxygen atoms in total. The van der Waals surface area contributed by atoms with Gasteiger partial charge in [0, 0.05) is 6.04 Å². The number of hydrogen-bond donors (Lipinski definition) is 1. The molecule has 0 atom stereocenters. The molecule has 1 N–H and O–H groups in total. The van der Waals surface area contributed by atoms with Crippen molar-refractivity contribution in [2.45, 2.75) is 32.7 Å². The molecule has 1 aromatic carbocycles. The summed E-state index contributed by atoms with van der Waals surface area (Å²) in [7, 11) is 0. The fourth-order valence-electron chi connectivity index (χ4n) is 1.41. The van der Waals surface area contributed by atoms with Crippen LogP contribution < -0.4 is 5.32 Å². The molecule has 0 aromatic heterocycles. The van der Waals surface area contributed by atoms with Crippen molar-refractivity contribution in [2.75, 3.05) is 6.54 Å². The van der Waals surface area contributed by atoms with E-state index in [0.29, 0.717) is 18.0 Å². The highest BCUT2D eigenvalue weighted by atomic mass is 19.2. The van der Waals surface area contributed by atoms with Gasteiger partial charge in [0.2, 0.25) is 0 Å². The quantitative estimate of drug-likeness (QED) is 0.741. The van der Waals surface area contributed by atoms with Gasteiger partial charge >= 0.3 is 0 Å². The number of aryl methyl sites for hydroxylation is 1. The lowest BCUT2D eigenvalue weighted by Gasteiger charge is -2.08. The second-order valence-electron chi connectivity index (χ2n) is 3.93. The number of rotatable bonds is 5. The lowest BCUT2D eigenvalue weighted by atomic mass is 10.1. The maximum absolute atomic E-state index is 13.2. The van der Waals surface area contributed by atoms with Gasteiger partial charge in [0.15, 0.2) is 11.6 Å². The van der Waals surface area contributed by atoms with Gasteiger partial charge in [-0.25, -0.2) is 8.78 Å². The van der Waals surface area contributed by atoms with Crippen molar-refractivity contribution < 1.29 is 8.78 Å². The van der Waals surface area contributed by atoms with Crippen molar-refractivity contribution in [3.63, 3.8) is 0 Å². The second kappa shape index (κ2) is 5.81. The van der Waals surface area contributed by atoms with E-state index in [0.717, 1.165) is 19.0 Å². The minimum Gasteiger partial charge on any atom is -0.315 e. The standard InChI is InChI=1S/C12H17F2N/c1-9(2)15-8-4-6-10-5-3-7-11(13)12(10)14/h3,5,7,9,15H,4,6,8H2,1-2H3. The van der Waals surface area contributed by atoms with Gasteiger partial charge in [-0.15, -0.1) is 0 Å². The van der Waals surface area contributed by atoms with Crippen molar-refractivity contribution in [3.8, 4) is 0 Å². The van der Waals surface area contributed by atoms with Crippen LogP contribution in [-0.4, -0.2) is 12.6 Å². The number of nitrogens with one attached hydrogen (secondary N) is 1. The van der Waals surface area contributed by atoms with Gasteiger partial charge in [-0.1, -0.05) is 26.0 Å². The summed E-state index contributed by atoms with van der Waals surface area (Å²) in [6, 6.07) is 4.75. The Balaban J connectivity index is 2.41. The Bertz CT molecular complexity index is 310. The maximum Gasteiger partial charge on any atom is 0.162 e. The minimum atomic E-state index is -0.760. The molecule has 0 saturated heterocycles. The Hall–Kier alpha value is -0.960. The van der Waals surface area contributed by atoms with Crippen LogP contribution in [0.3, 0.4) is 0 Å². The van der Waals surface area contributed by atoms with E-state index in [9.17, 15) is 8.78 Å². The largest absolute Gasteiger partial charge is 0.315 e. The van der Waals surface area contributed by atoms with Crippen molar-refractivity contribution in [2.24, 2.45) is 0 Å². The fourth-order valence-corrected chi connectivity index (χ4v) is 1.41. The average Bonchev–Trinajstić information content (AvgIpc) is 2.18. The molecular weight excluding hydrogens is 196 g/mol. The first-order chi connectivity index (χ1) is 7.11. The summed E-state index contributed by atoms with van der Waals surface area (Å²) in [4.78, 5) is 0. The predicted octanol–water partition coefficient (Wildman–Crippen LogP) is 2.90. The lowest BCUT2D eigenvalue weighted by Crippen LogP contribution is -2.24. The van der Waals surface area contributed by atoms with Crippen LogP contribution in [0, 0.1) is 11.6 Å². The first-order valence-electron chi connectivity index (χ1n) is 5.27. The molecular formula is C12H17F2N. The van der Waals surface area contributed by atoms with Gasteiger partial charge in [0.05, 0.1) is 0 Å². The highest BCUT2D eigenvalue weighted by Crippen LogP contribution is 2.12. The minimum absolute atomic E-state index is 0.433. The third-order valence-electron chi connectivity index (χ3n) is 2.21. The summed E-state index contributed by atoms with van der Waals surface area (Å²) in [5.41, 5.74) is 0.459. The molecule has 15 heavy (non-hydrogen) atoms. The fraction of sp³-hybridized carbons (Fsp3) is 0.500. The smallest absolute Gasteiger partial charge is 0.162 e. The number of benzene rings is 1. The molecule has 0 fully saturated rings. The molecule has 0 bridgehead atoms. The van der Waals surface area contributed by atoms with Crippen LogP contribution in [-0.2, 0) is 6.42 Å². The maximum atomic E-state index is 13.2. The average molecular weight is 213 g/mol. The Morgan fingerprint density at radius 2 is 2.00 bits per heavy atom. The molecule has 0 heterocycles. The predicted molar refractivity (Wildman–Crippen MR) is 57.8 cm³/mol. The van der Waals surface area contributed by atoms with E-state index < -0.39 is 11.6 Å². The third kappa shape index (κ3) is 3.96. The van der Waals surface area contributed by atoms with E-state index in [1.165, 1.54) is 0 Å². The number of halogens is 2. The zero-order chi connectivity index (χ0) is 11.3. The molecule has 0 unspecified atom stereocenters. The van der Waals surface area contributed by atoms with Crippen LogP contribution in [0.15, 0.2) is 18.2 Å². The van der Waals surface area contributed by atoms with Crippen LogP contribution in [0.1, 0.15) is 25.8 Å². The highest BCUT2D eigenvalue weighted by molar-refractivity contribution is 5.18. The Kier molecular flexibility index (Phi) is 4.69. The Labute approximate surface area is 89.5 Å². The van der Waals surface area contributed by atoms with Gasteiger partial charge in [0.25, 0.3) is 0 Å². The van der Waals surface area contributed by atoms with Gasteiger partial charge < -0.3 is 5.32 Å². The number of hydrogen-bond acceptors (Lipinski definition) is 1. The molecule has 1 rings (SSSR count). The van der Waals surface area contributed by atoms with Crippen molar-refractivity contribution in [1.29, 1.82) is 0 Å². The van der Waals surface area contributed by atoms with Gasteiger partial charge in [-0.3, -0.25) is 0 Å². The SMILES string of the molecule is CC(C)NCCCc1cccc(F)c1F. The van der Waals surface area contributed by atoms with E-state index >= 15 is 0 Å². The third-order valence-corrected chi connectivity index (χ3v) is 2.21. The van der Waals surface area contributed by atoms with Crippen LogP contribution in [0.4, 0.5) is 8.78 Å². The molecule has 0 aliphatic heterocycles. The summed E-state index contributed by atoms with van der Waals surface area (Å²) in [6.07, 6.45) is 1.39. The van der Waals surface area contributed by atoms with Crippen molar-refractivity contribution in [3.05, 3.63) is 35.4 Å². The summed E-state index contributed by atoms with van der Waals surface area (Å²) in [5, 5.41) is 3.23. The summed E-state index contributed by atoms with van der Waals surface area (Å²) in [6.45, 7) is 4.94. The van der Waals surface area contributed by atoms with E-state index in [-0.39, 0.29) is 0 Å². The van der Waals surface area contributed by atoms with Crippen molar-refractivity contribution in [1.82, 2.24) is 5.32 Å². The van der Waals surface area contributed by atoms with Gasteiger partial charge in [-0.2, -0.15) is 0 Å². The zero-order valence-electron chi connectivity index (χ0n) is 9.19. The van der Waals surface area contributed by atoms with Crippen LogP contribution in [0.25, 0.3) is 0 Å². The Morgan fingerprint density at radius 1 is 1.27 bits per heavy atom. The molecule has 84 valence electrons. The van der Waals surface area contributed by atoms with Crippen LogP contribution in [0.2, 0.25) is 0 Å². The molecule has 0 saturated carbocycles. The molecule has 0 aliphatic rings. The van der Waals surface area contributed by atoms with E-state index in [4.69, 9.17) is 0 Å².